The maximum absolute atomic E-state index is 12.7. The van der Waals surface area contributed by atoms with Crippen molar-refractivity contribution in [3.8, 4) is 11.3 Å². The van der Waals surface area contributed by atoms with Gasteiger partial charge in [0, 0.05) is 55.7 Å². The van der Waals surface area contributed by atoms with Crippen LogP contribution in [0.25, 0.3) is 27.9 Å². The van der Waals surface area contributed by atoms with Crippen molar-refractivity contribution in [1.82, 2.24) is 14.3 Å². The lowest BCUT2D eigenvalue weighted by Crippen LogP contribution is -2.44. The minimum atomic E-state index is -0.357. The van der Waals surface area contributed by atoms with E-state index >= 15 is 0 Å². The maximum atomic E-state index is 12.7. The normalized spacial score (nSPS) is 15.6. The Labute approximate surface area is 162 Å². The number of imidazole rings is 1. The molecule has 5 rings (SSSR count). The Morgan fingerprint density at radius 1 is 1.07 bits per heavy atom. The van der Waals surface area contributed by atoms with Gasteiger partial charge in [0.1, 0.15) is 11.2 Å². The summed E-state index contributed by atoms with van der Waals surface area (Å²) in [7, 11) is 2.14. The number of nitrogens with zero attached hydrogens (tertiary/aromatic N) is 4. The fraction of sp³-hybridized carbons (Fsp3) is 0.273. The highest BCUT2D eigenvalue weighted by molar-refractivity contribution is 5.84. The molecule has 1 fully saturated rings. The third kappa shape index (κ3) is 2.86. The molecule has 1 aliphatic heterocycles. The second-order valence-electron chi connectivity index (χ2n) is 7.51. The van der Waals surface area contributed by atoms with Crippen molar-refractivity contribution >= 4 is 22.3 Å². The van der Waals surface area contributed by atoms with Gasteiger partial charge in [-0.2, -0.15) is 0 Å². The summed E-state index contributed by atoms with van der Waals surface area (Å²) in [5.41, 5.74) is 4.39. The van der Waals surface area contributed by atoms with Gasteiger partial charge in [-0.25, -0.2) is 9.78 Å². The van der Waals surface area contributed by atoms with Gasteiger partial charge in [-0.3, -0.25) is 0 Å². The van der Waals surface area contributed by atoms with Crippen molar-refractivity contribution in [2.24, 2.45) is 0 Å². The second-order valence-corrected chi connectivity index (χ2v) is 7.51. The van der Waals surface area contributed by atoms with Gasteiger partial charge in [0.05, 0.1) is 11.3 Å². The zero-order valence-electron chi connectivity index (χ0n) is 16.1. The number of benzene rings is 1. The number of aromatic nitrogens is 2. The lowest BCUT2D eigenvalue weighted by molar-refractivity contribution is 0.313. The molecule has 28 heavy (non-hydrogen) atoms. The Balaban J connectivity index is 1.56. The van der Waals surface area contributed by atoms with Crippen LogP contribution in [0.4, 0.5) is 5.69 Å². The molecule has 3 aromatic heterocycles. The quantitative estimate of drug-likeness (QED) is 0.505. The number of aryl methyl sites for hydroxylation is 1. The second kappa shape index (κ2) is 6.49. The van der Waals surface area contributed by atoms with E-state index in [4.69, 9.17) is 4.42 Å². The lowest BCUT2D eigenvalue weighted by atomic mass is 10.1. The molecule has 0 aliphatic carbocycles. The minimum Gasteiger partial charge on any atom is -0.422 e. The van der Waals surface area contributed by atoms with Crippen LogP contribution in [0.5, 0.6) is 0 Å². The first-order chi connectivity index (χ1) is 13.6. The Bertz CT molecular complexity index is 1230. The third-order valence-electron chi connectivity index (χ3n) is 5.54. The van der Waals surface area contributed by atoms with Crippen LogP contribution >= 0.6 is 0 Å². The van der Waals surface area contributed by atoms with Crippen molar-refractivity contribution in [1.29, 1.82) is 0 Å². The van der Waals surface area contributed by atoms with Crippen LogP contribution in [0.2, 0.25) is 0 Å². The largest absolute Gasteiger partial charge is 0.422 e. The predicted molar refractivity (Wildman–Crippen MR) is 111 cm³/mol. The standard InChI is InChI=1S/C22H22N4O2/c1-15-4-3-7-26-14-19(23-21(15)26)18-12-16-5-6-17(13-20(16)28-22(18)27)25-10-8-24(2)9-11-25/h3-7,12-14H,8-11H2,1-2H3. The highest BCUT2D eigenvalue weighted by Gasteiger charge is 2.16. The maximum Gasteiger partial charge on any atom is 0.345 e. The highest BCUT2D eigenvalue weighted by atomic mass is 16.4. The summed E-state index contributed by atoms with van der Waals surface area (Å²) in [5, 5.41) is 0.904. The Morgan fingerprint density at radius 2 is 1.89 bits per heavy atom. The summed E-state index contributed by atoms with van der Waals surface area (Å²) >= 11 is 0. The van der Waals surface area contributed by atoms with E-state index in [0.29, 0.717) is 16.8 Å². The Kier molecular flexibility index (Phi) is 3.94. The van der Waals surface area contributed by atoms with Crippen LogP contribution in [0.3, 0.4) is 0 Å². The molecule has 1 aromatic carbocycles. The fourth-order valence-electron chi connectivity index (χ4n) is 3.82. The van der Waals surface area contributed by atoms with Crippen LogP contribution in [-0.2, 0) is 0 Å². The van der Waals surface area contributed by atoms with Gasteiger partial charge < -0.3 is 18.6 Å². The van der Waals surface area contributed by atoms with E-state index in [2.05, 4.69) is 27.9 Å². The molecule has 6 nitrogen and oxygen atoms in total. The summed E-state index contributed by atoms with van der Waals surface area (Å²) in [5.74, 6) is 0. The fourth-order valence-corrected chi connectivity index (χ4v) is 3.82. The highest BCUT2D eigenvalue weighted by Crippen LogP contribution is 2.26. The molecule has 0 atom stereocenters. The molecule has 0 unspecified atom stereocenters. The van der Waals surface area contributed by atoms with Gasteiger partial charge in [-0.05, 0) is 43.8 Å². The van der Waals surface area contributed by atoms with Crippen molar-refractivity contribution in [3.63, 3.8) is 0 Å². The molecule has 0 N–H and O–H groups in total. The third-order valence-corrected chi connectivity index (χ3v) is 5.54. The lowest BCUT2D eigenvalue weighted by Gasteiger charge is -2.34. The number of likely N-dealkylation sites (N-methyl/N-ethyl adjacent to an activating group) is 1. The molecular formula is C22H22N4O2. The number of piperazine rings is 1. The molecule has 4 heterocycles. The molecule has 6 heteroatoms. The zero-order chi connectivity index (χ0) is 19.3. The van der Waals surface area contributed by atoms with E-state index in [-0.39, 0.29) is 5.63 Å². The molecule has 1 aliphatic rings. The summed E-state index contributed by atoms with van der Waals surface area (Å²) < 4.78 is 7.62. The SMILES string of the molecule is Cc1cccn2cc(-c3cc4ccc(N5CCN(C)CC5)cc4oc3=O)nc12. The molecule has 0 spiro atoms. The Hall–Kier alpha value is -3.12. The average Bonchev–Trinajstić information content (AvgIpc) is 3.13. The number of pyridine rings is 1. The van der Waals surface area contributed by atoms with Gasteiger partial charge >= 0.3 is 5.63 Å². The zero-order valence-corrected chi connectivity index (χ0v) is 16.1. The van der Waals surface area contributed by atoms with Crippen LogP contribution in [0, 0.1) is 6.92 Å². The van der Waals surface area contributed by atoms with Gasteiger partial charge in [0.15, 0.2) is 0 Å². The van der Waals surface area contributed by atoms with Crippen LogP contribution in [0.1, 0.15) is 5.56 Å². The molecular weight excluding hydrogens is 352 g/mol. The van der Waals surface area contributed by atoms with Crippen molar-refractivity contribution in [3.05, 3.63) is 64.8 Å². The first kappa shape index (κ1) is 17.0. The molecule has 0 saturated carbocycles. The molecule has 4 aromatic rings. The van der Waals surface area contributed by atoms with E-state index in [0.717, 1.165) is 48.5 Å². The van der Waals surface area contributed by atoms with E-state index in [9.17, 15) is 4.79 Å². The predicted octanol–water partition coefficient (Wildman–Crippen LogP) is 3.17. The number of anilines is 1. The van der Waals surface area contributed by atoms with E-state index in [1.165, 1.54) is 0 Å². The molecule has 1 saturated heterocycles. The molecule has 142 valence electrons. The van der Waals surface area contributed by atoms with Gasteiger partial charge in [0.2, 0.25) is 0 Å². The van der Waals surface area contributed by atoms with Gasteiger partial charge in [0.25, 0.3) is 0 Å². The topological polar surface area (TPSA) is 54.0 Å². The summed E-state index contributed by atoms with van der Waals surface area (Å²) in [4.78, 5) is 22.0. The van der Waals surface area contributed by atoms with E-state index in [1.807, 2.05) is 54.0 Å². The summed E-state index contributed by atoms with van der Waals surface area (Å²) in [6.45, 7) is 6.03. The number of hydrogen-bond acceptors (Lipinski definition) is 5. The monoisotopic (exact) mass is 374 g/mol. The van der Waals surface area contributed by atoms with Crippen LogP contribution in [-0.4, -0.2) is 47.5 Å². The van der Waals surface area contributed by atoms with Gasteiger partial charge in [-0.15, -0.1) is 0 Å². The van der Waals surface area contributed by atoms with Crippen LogP contribution < -0.4 is 10.5 Å². The van der Waals surface area contributed by atoms with Crippen LogP contribution in [0.15, 0.2) is 58.0 Å². The minimum absolute atomic E-state index is 0.357. The molecule has 0 radical (unpaired) electrons. The summed E-state index contributed by atoms with van der Waals surface area (Å²) in [6.07, 6.45) is 3.81. The van der Waals surface area contributed by atoms with E-state index < -0.39 is 0 Å². The smallest absolute Gasteiger partial charge is 0.345 e. The van der Waals surface area contributed by atoms with Crippen molar-refractivity contribution in [2.75, 3.05) is 38.1 Å². The van der Waals surface area contributed by atoms with Crippen molar-refractivity contribution < 1.29 is 4.42 Å². The first-order valence-electron chi connectivity index (χ1n) is 9.54. The summed E-state index contributed by atoms with van der Waals surface area (Å²) in [6, 6.07) is 12.0. The average molecular weight is 374 g/mol. The number of rotatable bonds is 2. The van der Waals surface area contributed by atoms with Crippen molar-refractivity contribution in [2.45, 2.75) is 6.92 Å². The number of hydrogen-bond donors (Lipinski definition) is 0. The molecule has 0 bridgehead atoms. The molecule has 0 amide bonds. The van der Waals surface area contributed by atoms with E-state index in [1.54, 1.807) is 0 Å². The Morgan fingerprint density at radius 3 is 2.68 bits per heavy atom. The van der Waals surface area contributed by atoms with Gasteiger partial charge in [-0.1, -0.05) is 6.07 Å². The number of fused-ring (bicyclic) bond motifs is 2. The first-order valence-corrected chi connectivity index (χ1v) is 9.54.